The van der Waals surface area contributed by atoms with Gasteiger partial charge in [-0.15, -0.1) is 0 Å². The summed E-state index contributed by atoms with van der Waals surface area (Å²) in [6, 6.07) is 33.1. The summed E-state index contributed by atoms with van der Waals surface area (Å²) >= 11 is 0. The van der Waals surface area contributed by atoms with Crippen molar-refractivity contribution in [3.63, 3.8) is 0 Å². The van der Waals surface area contributed by atoms with Gasteiger partial charge in [0, 0.05) is 311 Å². The van der Waals surface area contributed by atoms with Crippen LogP contribution in [-0.4, -0.2) is 40.8 Å². The monoisotopic (exact) mass is 1530 g/mol. The van der Waals surface area contributed by atoms with Gasteiger partial charge in [0.15, 0.2) is 17.4 Å². The van der Waals surface area contributed by atoms with Gasteiger partial charge in [-0.05, 0) is 117 Å². The number of Topliss-reactive ketones (excluding diaryl/α,β-unsaturated/α-hetero) is 1. The fraction of sp³-hybridized carbons (Fsp3) is 0.338. The number of nitrogens with zero attached hydrogens (tertiary/aromatic N) is 8. The molecule has 12 heteroatoms. The molecule has 4 aromatic carbocycles. The van der Waals surface area contributed by atoms with Crippen molar-refractivity contribution in [2.75, 3.05) is 0 Å². The highest BCUT2D eigenvalue weighted by Crippen LogP contribution is 2.63. The molecule has 0 spiro atoms. The second kappa shape index (κ2) is 19.2. The molecule has 0 saturated heterocycles. The van der Waals surface area contributed by atoms with Crippen molar-refractivity contribution in [1.29, 1.82) is 0 Å². The van der Waals surface area contributed by atoms with Gasteiger partial charge in [0.05, 0.1) is 47.0 Å². The van der Waals surface area contributed by atoms with Gasteiger partial charge in [-0.2, -0.15) is 0 Å². The summed E-state index contributed by atoms with van der Waals surface area (Å²) in [6.07, 6.45) is 15.0. The molecular formula is C68H218F2N8O2. The fourth-order valence-corrected chi connectivity index (χ4v) is 15.1. The predicted octanol–water partition coefficient (Wildman–Crippen LogP) is 35.2. The number of aromatic nitrogens is 6. The number of halogens is 2. The molecule has 0 unspecified atom stereocenters. The first-order valence-electron chi connectivity index (χ1n) is 106. The molecule has 80 heavy (non-hydrogen) atoms. The van der Waals surface area contributed by atoms with Crippen LogP contribution >= 0.6 is 0 Å². The summed E-state index contributed by atoms with van der Waals surface area (Å²) < 4.78 is 811. The number of hydrogen-bond donors (Lipinski definition) is 1. The number of para-hydroxylation sites is 2. The number of pyridine rings is 2. The smallest absolute Gasteiger partial charge is 0.226 e. The van der Waals surface area contributed by atoms with Crippen molar-refractivity contribution >= 4 is 27.6 Å². The predicted molar refractivity (Wildman–Crippen MR) is 473 cm³/mol. The molecule has 0 amide bonds. The third kappa shape index (κ3) is 8.23. The van der Waals surface area contributed by atoms with E-state index in [2.05, 4.69) is 47.4 Å². The lowest BCUT2D eigenvalue weighted by molar-refractivity contribution is -0.130. The van der Waals surface area contributed by atoms with Crippen LogP contribution in [0.15, 0.2) is 145 Å². The summed E-state index contributed by atoms with van der Waals surface area (Å²) in [7, 11) is 0. The van der Waals surface area contributed by atoms with E-state index in [1.165, 1.54) is 25.0 Å². The van der Waals surface area contributed by atoms with Crippen LogP contribution in [0.25, 0.3) is 76.8 Å². The first-order chi connectivity index (χ1) is 117. The number of ketones is 1. The minimum Gasteiger partial charge on any atom is -0.523 e. The second-order valence-corrected chi connectivity index (χ2v) is 24.2. The SMILES string of the molecule is [3HH].[3H][3H].[3H][3H].[3H][3H].[3H][3H].[3H][3H].[3H][3H].[3H][3H].[3H][3H].[3H][3H].[3H][3H].[3H][3H].[3H][3H].[3H][3H].[3H][3H].[3H][3H].[3H][3H].[3H][3H].[3H][3H].[3H][3H].[3H][3H].[3H][3H].[3H][3H].[3H][3H].[3H][3H].[3H][3H].[3H][3H].[3H][3H].[3H][3H].[3H][3H].[3H][3H].[3H][3H].[3H][3H].[3H][3H].[3H][3H].[3H][3H].[3H][3H].[3H][3H].[3H][3H].[3H][3H].[3H][3H].[3H][3H].[3H][3H].[3H][3H].[3H][3H].[3H][3H].[3H][3H].[3H][3H].[3H][3H].[3H][3H].[3H][3H].[3H][3H].[3H][3H].[3H][3H].[3H][3H].[3H][3H].[3H][3H].[3H][3H].[3H][3H].[3H][3H].[3H][3H].[3H][3H].[3H][3H].[3H][3H].[3H][3H].[3H][3H].[3H][3H].[3H][3H].[3H][3H].[3H][3H].[3H][3H].[3H][3H].[3H][3H].[3H][3H].[3H][3H].[3H][3H].[3H][3H].[3H][3H].[3H][3H].[C-]#[N+]C1=C(O)[C@](C)(CC2CC2)[C@H]2CCc3c(-c4ccccc4F)nc(-c4ccnc5ccccc45)nc3[C@]2(C)C1.[C-]#[N+]C1=C[C@@]2(C)c3nc(-c4ccnc5ccccc45)nc(-c4ccccc4F)c3CC[C@@H]2[C@@](C)(CC2CC2)C1=O. The topological polar surface area (TPSA) is 123 Å². The molecule has 4 aromatic heterocycles. The van der Waals surface area contributed by atoms with E-state index in [-0.39, 0.29) is 42.1 Å². The van der Waals surface area contributed by atoms with E-state index in [1.54, 1.807) is 36.7 Å². The third-order valence-electron chi connectivity index (χ3n) is 19.1. The zero-order valence-electron chi connectivity index (χ0n) is 201. The maximum atomic E-state index is 15.4. The zero-order chi connectivity index (χ0) is 211. The molecule has 6 atom stereocenters. The summed E-state index contributed by atoms with van der Waals surface area (Å²) in [6.45, 7) is 24.4. The van der Waals surface area contributed by atoms with Gasteiger partial charge in [0.25, 0.3) is 0 Å². The molecule has 1 N–H and O–H groups in total. The minimum absolute atomic E-state index is 0. The van der Waals surface area contributed by atoms with Gasteiger partial charge in [-0.1, -0.05) is 120 Å². The van der Waals surface area contributed by atoms with Crippen molar-refractivity contribution in [3.8, 4) is 45.3 Å². The average Bonchev–Trinajstić information content (AvgIpc) is 1.29. The molecule has 0 aliphatic heterocycles. The zero-order valence-corrected chi connectivity index (χ0v) is 45.4. The van der Waals surface area contributed by atoms with Crippen molar-refractivity contribution in [2.24, 2.45) is 34.5 Å². The van der Waals surface area contributed by atoms with Gasteiger partial charge in [-0.25, -0.2) is 38.4 Å². The lowest BCUT2D eigenvalue weighted by Crippen LogP contribution is -2.53. The Morgan fingerprint density at radius 1 is 0.600 bits per heavy atom. The molecule has 556 valence electrons. The number of benzene rings is 4. The lowest BCUT2D eigenvalue weighted by Gasteiger charge is -2.54. The minimum atomic E-state index is -0.675. The normalized spacial score (nSPS) is 33.5. The number of allylic oxidation sites excluding steroid dienone is 4. The van der Waals surface area contributed by atoms with Gasteiger partial charge < -0.3 is 9.90 Å². The molecule has 10 nitrogen and oxygen atoms in total. The van der Waals surface area contributed by atoms with Crippen LogP contribution in [0.1, 0.15) is 341 Å². The van der Waals surface area contributed by atoms with Crippen LogP contribution in [0.2, 0.25) is 0 Å². The van der Waals surface area contributed by atoms with Crippen molar-refractivity contribution in [3.05, 3.63) is 202 Å². The number of aliphatic hydroxyl groups excluding tert-OH is 1. The molecule has 0 bridgehead atoms. The summed E-state index contributed by atoms with van der Waals surface area (Å²) in [5.41, 5.74) is 7.24. The Bertz CT molecular complexity index is 4270. The molecular weight excluding hydrogens is 999 g/mol. The molecule has 2 saturated carbocycles. The largest absolute Gasteiger partial charge is 0.523 e. The highest BCUT2D eigenvalue weighted by atomic mass is 19.1. The van der Waals surface area contributed by atoms with Gasteiger partial charge >= 0.3 is 0 Å². The Kier molecular flexibility index (Phi) is 3.28. The van der Waals surface area contributed by atoms with E-state index in [4.69, 9.17) is 265 Å². The maximum absolute atomic E-state index is 15.4. The Morgan fingerprint density at radius 2 is 1.09 bits per heavy atom. The first-order valence-corrected chi connectivity index (χ1v) is 28.1. The van der Waals surface area contributed by atoms with Crippen LogP contribution in [0, 0.1) is 59.3 Å². The van der Waals surface area contributed by atoms with E-state index in [9.17, 15) is 9.90 Å². The standard InChI is InChI=1S/C34H31FN4O.C34H29FN4O.79H2/c2*1-33-19-27(36-3)31(40)34(2,18-20-12-13-20)28(33)15-14-24-29(23-9-4-6-10-25(23)35)38-32(39-30(24)33)22-16-17-37-26-11-7-5-8-21(22)26;;;;;;;;;;;;;;;;;;;;;;;;;;;;;;;;;;;;;;;;;;;;;;;;;;;;;;;;;;;;;;;;;;;;;;;;;;;;;;;/h4-11,16-17,20,28,40H,12-15,18-19H2,1-2H3;4-11,16-17,19-20,28H,12-15,18H2,1-2H3;79*1H/t2*28-,33+,34+;;;;;;;;;;;;;;;;;;;;;;;;;;;;;;;;;;;;;;;;;;;;;;;;;;;;;;;;;;;;;;;;;;;;;;;;;;;;;;;/m00.............................................................................../s1/i;;78*1+2T;1+2. The van der Waals surface area contributed by atoms with E-state index < -0.39 is 21.7 Å². The molecule has 4 heterocycles. The van der Waals surface area contributed by atoms with Gasteiger partial charge in [0.2, 0.25) is 11.4 Å². The molecule has 0 radical (unpaired) electrons. The van der Waals surface area contributed by atoms with Crippen LogP contribution < -0.4 is 0 Å². The number of carbonyl (C=O) groups is 1. The number of hydrogen-bond acceptors (Lipinski definition) is 8. The molecule has 8 aromatic rings. The average molecular weight is 1530 g/mol. The van der Waals surface area contributed by atoms with Crippen molar-refractivity contribution in [1.82, 2.24) is 29.9 Å². The Morgan fingerprint density at radius 3 is 1.61 bits per heavy atom. The highest BCUT2D eigenvalue weighted by molar-refractivity contribution is 6.03. The molecule has 2 fully saturated rings. The second-order valence-electron chi connectivity index (χ2n) is 24.2. The highest BCUT2D eigenvalue weighted by Gasteiger charge is 2.59. The third-order valence-corrected chi connectivity index (χ3v) is 19.1. The van der Waals surface area contributed by atoms with E-state index in [0.717, 1.165) is 94.0 Å². The quantitative estimate of drug-likeness (QED) is 0.149. The number of fused-ring (bicyclic) bond motifs is 8. The van der Waals surface area contributed by atoms with E-state index in [0.29, 0.717) is 71.0 Å². The molecule has 6 aliphatic carbocycles. The van der Waals surface area contributed by atoms with Crippen LogP contribution in [-0.2, 0) is 28.5 Å². The van der Waals surface area contributed by atoms with E-state index >= 15 is 8.78 Å². The Balaban J connectivity index is -0.0000000209. The van der Waals surface area contributed by atoms with Crippen LogP contribution in [0.3, 0.4) is 0 Å². The first kappa shape index (κ1) is 13.7. The summed E-state index contributed by atoms with van der Waals surface area (Å²) in [5.74, 6) is 1.80. The Hall–Kier alpha value is -8.35. The molecule has 6 aliphatic rings. The van der Waals surface area contributed by atoms with Gasteiger partial charge in [0.1, 0.15) is 17.4 Å². The maximum Gasteiger partial charge on any atom is 0.226 e. The lowest BCUT2D eigenvalue weighted by atomic mass is 9.50. The Labute approximate surface area is 707 Å². The van der Waals surface area contributed by atoms with E-state index in [1.807, 2.05) is 78.9 Å². The van der Waals surface area contributed by atoms with Crippen molar-refractivity contribution in [2.45, 2.75) is 109 Å². The fourth-order valence-electron chi connectivity index (χ4n) is 15.1. The summed E-state index contributed by atoms with van der Waals surface area (Å²) in [5, 5.41) is 13.3. The summed E-state index contributed by atoms with van der Waals surface area (Å²) in [4.78, 5) is 51.0. The number of aliphatic hydroxyl groups is 1. The van der Waals surface area contributed by atoms with Gasteiger partial charge in [-0.3, -0.25) is 9.97 Å². The molecule has 14 rings (SSSR count). The number of rotatable bonds is 8. The van der Waals surface area contributed by atoms with Crippen LogP contribution in [0.5, 0.6) is 0 Å². The van der Waals surface area contributed by atoms with Crippen LogP contribution in [0.4, 0.5) is 8.78 Å². The van der Waals surface area contributed by atoms with Crippen molar-refractivity contribution < 1.29 is 252 Å². The number of carbonyl (C=O) groups excluding carboxylic acids is 1.